The molecule has 0 atom stereocenters. The Bertz CT molecular complexity index is 533. The van der Waals surface area contributed by atoms with Gasteiger partial charge >= 0.3 is 5.97 Å². The van der Waals surface area contributed by atoms with Crippen molar-refractivity contribution in [3.05, 3.63) is 23.8 Å². The molecule has 2 rings (SSSR count). The van der Waals surface area contributed by atoms with Crippen LogP contribution < -0.4 is 4.90 Å². The van der Waals surface area contributed by atoms with Crippen molar-refractivity contribution in [1.82, 2.24) is 4.98 Å². The van der Waals surface area contributed by atoms with Crippen LogP contribution in [0.2, 0.25) is 0 Å². The van der Waals surface area contributed by atoms with Crippen LogP contribution in [0, 0.1) is 6.92 Å². The smallest absolute Gasteiger partial charge is 0.323 e. The van der Waals surface area contributed by atoms with Gasteiger partial charge in [-0.15, -0.1) is 0 Å². The number of benzene rings is 1. The van der Waals surface area contributed by atoms with Crippen molar-refractivity contribution < 1.29 is 14.3 Å². The van der Waals surface area contributed by atoms with E-state index in [2.05, 4.69) is 4.98 Å². The highest BCUT2D eigenvalue weighted by Gasteiger charge is 2.12. The van der Waals surface area contributed by atoms with E-state index in [1.165, 1.54) is 4.90 Å². The standard InChI is InChI=1S/C11H12N2O3/c1-7-3-4-8-9(5-7)16-11(12-8)13(2)6-10(14)15/h3-5H,6H2,1-2H3,(H,14,15). The summed E-state index contributed by atoms with van der Waals surface area (Å²) in [6.45, 7) is 1.83. The second-order valence-electron chi connectivity index (χ2n) is 3.72. The molecule has 0 saturated carbocycles. The van der Waals surface area contributed by atoms with Crippen molar-refractivity contribution in [3.63, 3.8) is 0 Å². The third-order valence-electron chi connectivity index (χ3n) is 2.23. The van der Waals surface area contributed by atoms with Crippen LogP contribution >= 0.6 is 0 Å². The van der Waals surface area contributed by atoms with Gasteiger partial charge in [0, 0.05) is 7.05 Å². The number of anilines is 1. The first-order valence-electron chi connectivity index (χ1n) is 4.86. The molecule has 84 valence electrons. The summed E-state index contributed by atoms with van der Waals surface area (Å²) in [5.74, 6) is -0.916. The fraction of sp³-hybridized carbons (Fsp3) is 0.273. The molecule has 0 aliphatic carbocycles. The normalized spacial score (nSPS) is 10.6. The Balaban J connectivity index is 2.35. The summed E-state index contributed by atoms with van der Waals surface area (Å²) in [7, 11) is 1.63. The van der Waals surface area contributed by atoms with Gasteiger partial charge in [-0.2, -0.15) is 4.98 Å². The number of oxazole rings is 1. The van der Waals surface area contributed by atoms with Crippen LogP contribution in [0.4, 0.5) is 6.01 Å². The van der Waals surface area contributed by atoms with Gasteiger partial charge in [-0.25, -0.2) is 0 Å². The Morgan fingerprint density at radius 2 is 2.31 bits per heavy atom. The molecule has 0 aliphatic heterocycles. The van der Waals surface area contributed by atoms with Gasteiger partial charge in [0.15, 0.2) is 5.58 Å². The van der Waals surface area contributed by atoms with Gasteiger partial charge < -0.3 is 14.4 Å². The quantitative estimate of drug-likeness (QED) is 0.852. The van der Waals surface area contributed by atoms with Gasteiger partial charge in [0.05, 0.1) is 0 Å². The molecule has 0 fully saturated rings. The second-order valence-corrected chi connectivity index (χ2v) is 3.72. The molecule has 5 nitrogen and oxygen atoms in total. The van der Waals surface area contributed by atoms with Crippen LogP contribution in [0.1, 0.15) is 5.56 Å². The van der Waals surface area contributed by atoms with Crippen molar-refractivity contribution in [2.45, 2.75) is 6.92 Å². The minimum atomic E-state index is -0.916. The van der Waals surface area contributed by atoms with E-state index in [9.17, 15) is 4.79 Å². The van der Waals surface area contributed by atoms with E-state index in [0.717, 1.165) is 11.1 Å². The molecule has 1 aromatic heterocycles. The lowest BCUT2D eigenvalue weighted by Gasteiger charge is -2.09. The van der Waals surface area contributed by atoms with E-state index < -0.39 is 5.97 Å². The molecular weight excluding hydrogens is 208 g/mol. The van der Waals surface area contributed by atoms with Crippen LogP contribution in [-0.2, 0) is 4.79 Å². The van der Waals surface area contributed by atoms with Crippen molar-refractivity contribution in [3.8, 4) is 0 Å². The zero-order valence-corrected chi connectivity index (χ0v) is 9.10. The summed E-state index contributed by atoms with van der Waals surface area (Å²) in [4.78, 5) is 16.2. The third-order valence-corrected chi connectivity index (χ3v) is 2.23. The lowest BCUT2D eigenvalue weighted by atomic mass is 10.2. The van der Waals surface area contributed by atoms with Crippen molar-refractivity contribution in [2.75, 3.05) is 18.5 Å². The van der Waals surface area contributed by atoms with E-state index >= 15 is 0 Å². The second kappa shape index (κ2) is 3.84. The summed E-state index contributed by atoms with van der Waals surface area (Å²) in [6.07, 6.45) is 0. The highest BCUT2D eigenvalue weighted by molar-refractivity contribution is 5.77. The lowest BCUT2D eigenvalue weighted by Crippen LogP contribution is -2.25. The molecule has 0 amide bonds. The molecule has 2 aromatic rings. The van der Waals surface area contributed by atoms with E-state index in [4.69, 9.17) is 9.52 Å². The molecule has 5 heteroatoms. The molecule has 0 bridgehead atoms. The van der Waals surface area contributed by atoms with Crippen molar-refractivity contribution in [2.24, 2.45) is 0 Å². The predicted molar refractivity (Wildman–Crippen MR) is 59.7 cm³/mol. The molecule has 0 radical (unpaired) electrons. The maximum Gasteiger partial charge on any atom is 0.323 e. The molecule has 0 spiro atoms. The molecule has 16 heavy (non-hydrogen) atoms. The van der Waals surface area contributed by atoms with Crippen LogP contribution in [-0.4, -0.2) is 29.7 Å². The molecule has 1 N–H and O–H groups in total. The number of carboxylic acid groups (broad SMARTS) is 1. The molecule has 0 aliphatic rings. The van der Waals surface area contributed by atoms with E-state index in [0.29, 0.717) is 11.6 Å². The van der Waals surface area contributed by atoms with Crippen molar-refractivity contribution >= 4 is 23.1 Å². The number of nitrogens with zero attached hydrogens (tertiary/aromatic N) is 2. The molecule has 1 heterocycles. The number of likely N-dealkylation sites (N-methyl/N-ethyl adjacent to an activating group) is 1. The Morgan fingerprint density at radius 3 is 3.00 bits per heavy atom. The van der Waals surface area contributed by atoms with Crippen LogP contribution in [0.3, 0.4) is 0 Å². The molecule has 0 saturated heterocycles. The Labute approximate surface area is 92.3 Å². The van der Waals surface area contributed by atoms with Gasteiger partial charge in [-0.3, -0.25) is 4.79 Å². The SMILES string of the molecule is Cc1ccc2nc(N(C)CC(=O)O)oc2c1. The highest BCUT2D eigenvalue weighted by atomic mass is 16.4. The first kappa shape index (κ1) is 10.5. The Hall–Kier alpha value is -2.04. The lowest BCUT2D eigenvalue weighted by molar-refractivity contribution is -0.135. The summed E-state index contributed by atoms with van der Waals surface area (Å²) < 4.78 is 5.46. The van der Waals surface area contributed by atoms with Crippen LogP contribution in [0.25, 0.3) is 11.1 Å². The largest absolute Gasteiger partial charge is 0.480 e. The minimum Gasteiger partial charge on any atom is -0.480 e. The topological polar surface area (TPSA) is 66.6 Å². The zero-order valence-electron chi connectivity index (χ0n) is 9.10. The van der Waals surface area contributed by atoms with Crippen molar-refractivity contribution in [1.29, 1.82) is 0 Å². The summed E-state index contributed by atoms with van der Waals surface area (Å²) in [5.41, 5.74) is 2.49. The molecular formula is C11H12N2O3. The third kappa shape index (κ3) is 1.98. The Kier molecular flexibility index (Phi) is 2.52. The first-order chi connectivity index (χ1) is 7.56. The number of rotatable bonds is 3. The maximum atomic E-state index is 10.5. The number of hydrogen-bond acceptors (Lipinski definition) is 4. The fourth-order valence-corrected chi connectivity index (χ4v) is 1.45. The average molecular weight is 220 g/mol. The maximum absolute atomic E-state index is 10.5. The van der Waals surface area contributed by atoms with Crippen LogP contribution in [0.15, 0.2) is 22.6 Å². The number of hydrogen-bond donors (Lipinski definition) is 1. The summed E-state index contributed by atoms with van der Waals surface area (Å²) in [6, 6.07) is 5.99. The van der Waals surface area contributed by atoms with Gasteiger partial charge in [0.2, 0.25) is 0 Å². The number of fused-ring (bicyclic) bond motifs is 1. The average Bonchev–Trinajstić information content (AvgIpc) is 2.59. The van der Waals surface area contributed by atoms with Gasteiger partial charge in [0.1, 0.15) is 12.1 Å². The van der Waals surface area contributed by atoms with Crippen LogP contribution in [0.5, 0.6) is 0 Å². The van der Waals surface area contributed by atoms with E-state index in [1.807, 2.05) is 25.1 Å². The number of carboxylic acids is 1. The van der Waals surface area contributed by atoms with Gasteiger partial charge in [-0.05, 0) is 24.6 Å². The number of carbonyl (C=O) groups is 1. The van der Waals surface area contributed by atoms with Gasteiger partial charge in [0.25, 0.3) is 6.01 Å². The van der Waals surface area contributed by atoms with E-state index in [-0.39, 0.29) is 6.54 Å². The summed E-state index contributed by atoms with van der Waals surface area (Å²) in [5, 5.41) is 8.65. The number of aryl methyl sites for hydroxylation is 1. The molecule has 0 unspecified atom stereocenters. The zero-order chi connectivity index (χ0) is 11.7. The highest BCUT2D eigenvalue weighted by Crippen LogP contribution is 2.21. The molecule has 1 aromatic carbocycles. The monoisotopic (exact) mass is 220 g/mol. The Morgan fingerprint density at radius 1 is 1.56 bits per heavy atom. The number of aromatic nitrogens is 1. The predicted octanol–water partition coefficient (Wildman–Crippen LogP) is 1.66. The van der Waals surface area contributed by atoms with E-state index in [1.54, 1.807) is 7.05 Å². The number of aliphatic carboxylic acids is 1. The van der Waals surface area contributed by atoms with Gasteiger partial charge in [-0.1, -0.05) is 6.07 Å². The summed E-state index contributed by atoms with van der Waals surface area (Å²) >= 11 is 0. The minimum absolute atomic E-state index is 0.133. The fourth-order valence-electron chi connectivity index (χ4n) is 1.45. The first-order valence-corrected chi connectivity index (χ1v) is 4.86.